The fourth-order valence-corrected chi connectivity index (χ4v) is 4.85. The molecule has 0 saturated carbocycles. The van der Waals surface area contributed by atoms with E-state index in [1.807, 2.05) is 0 Å². The van der Waals surface area contributed by atoms with Gasteiger partial charge in [-0.15, -0.1) is 0 Å². The first kappa shape index (κ1) is 15.4. The van der Waals surface area contributed by atoms with Gasteiger partial charge in [-0.1, -0.05) is 0 Å². The Hall–Kier alpha value is -1.51. The Labute approximate surface area is 128 Å². The monoisotopic (exact) mass is 328 g/mol. The highest BCUT2D eigenvalue weighted by atomic mass is 32.2. The number of nitrogens with zero attached hydrogens (tertiary/aromatic N) is 1. The quantitative estimate of drug-likeness (QED) is 0.869. The minimum Gasteiger partial charge on any atom is -0.376 e. The zero-order valence-electron chi connectivity index (χ0n) is 12.0. The van der Waals surface area contributed by atoms with Crippen LogP contribution in [0.15, 0.2) is 29.2 Å². The summed E-state index contributed by atoms with van der Waals surface area (Å²) in [5.41, 5.74) is 0. The summed E-state index contributed by atoms with van der Waals surface area (Å²) in [4.78, 5) is 12.0. The Bertz CT molecular complexity index is 677. The van der Waals surface area contributed by atoms with Gasteiger partial charge in [0, 0.05) is 20.2 Å². The molecule has 3 atom stereocenters. The van der Waals surface area contributed by atoms with E-state index in [1.165, 1.54) is 23.5 Å². The maximum atomic E-state index is 13.0. The number of nitrogens with one attached hydrogen (secondary N) is 1. The number of carbonyl (C=O) groups excluding carboxylic acids is 1. The first-order valence-electron chi connectivity index (χ1n) is 7.06. The zero-order chi connectivity index (χ0) is 15.9. The van der Waals surface area contributed by atoms with Gasteiger partial charge in [-0.25, -0.2) is 12.8 Å². The Kier molecular flexibility index (Phi) is 3.92. The standard InChI is InChI=1S/C14H17FN2O4S/c1-16-14(18)11-8-17(12-6-7-21-13(11)12)22(19,20)10-4-2-9(15)3-5-10/h2-5,11-13H,6-8H2,1H3,(H,16,18)/t11-,12+,13+/m0/s1. The number of amides is 1. The van der Waals surface area contributed by atoms with Crippen molar-refractivity contribution >= 4 is 15.9 Å². The number of sulfonamides is 1. The minimum atomic E-state index is -3.78. The Morgan fingerprint density at radius 1 is 1.36 bits per heavy atom. The first-order chi connectivity index (χ1) is 10.4. The van der Waals surface area contributed by atoms with E-state index in [9.17, 15) is 17.6 Å². The molecule has 0 aromatic heterocycles. The largest absolute Gasteiger partial charge is 0.376 e. The molecule has 1 amide bonds. The smallest absolute Gasteiger partial charge is 0.243 e. The molecule has 2 saturated heterocycles. The number of benzene rings is 1. The molecule has 2 fully saturated rings. The summed E-state index contributed by atoms with van der Waals surface area (Å²) < 4.78 is 45.4. The highest BCUT2D eigenvalue weighted by Gasteiger charge is 2.52. The predicted octanol–water partition coefficient (Wildman–Crippen LogP) is 0.350. The molecule has 3 rings (SSSR count). The molecule has 0 bridgehead atoms. The Morgan fingerprint density at radius 3 is 2.68 bits per heavy atom. The summed E-state index contributed by atoms with van der Waals surface area (Å²) in [5.74, 6) is -1.24. The molecule has 2 aliphatic rings. The highest BCUT2D eigenvalue weighted by molar-refractivity contribution is 7.89. The molecule has 0 spiro atoms. The van der Waals surface area contributed by atoms with Crippen molar-refractivity contribution in [3.63, 3.8) is 0 Å². The summed E-state index contributed by atoms with van der Waals surface area (Å²) in [6.45, 7) is 0.507. The number of ether oxygens (including phenoxy) is 1. The molecule has 8 heteroatoms. The van der Waals surface area contributed by atoms with E-state index >= 15 is 0 Å². The zero-order valence-corrected chi connectivity index (χ0v) is 12.8. The summed E-state index contributed by atoms with van der Waals surface area (Å²) in [6, 6.07) is 4.35. The van der Waals surface area contributed by atoms with Crippen LogP contribution in [-0.4, -0.2) is 51.0 Å². The van der Waals surface area contributed by atoms with Gasteiger partial charge < -0.3 is 10.1 Å². The summed E-state index contributed by atoms with van der Waals surface area (Å²) in [6.07, 6.45) is 0.133. The van der Waals surface area contributed by atoms with Crippen molar-refractivity contribution in [2.75, 3.05) is 20.2 Å². The van der Waals surface area contributed by atoms with Crippen LogP contribution in [0.2, 0.25) is 0 Å². The molecule has 0 radical (unpaired) electrons. The fourth-order valence-electron chi connectivity index (χ4n) is 3.16. The second-order valence-electron chi connectivity index (χ2n) is 5.44. The lowest BCUT2D eigenvalue weighted by atomic mass is 10.0. The minimum absolute atomic E-state index is 0.0251. The molecule has 1 N–H and O–H groups in total. The molecule has 1 aromatic carbocycles. The second kappa shape index (κ2) is 5.60. The van der Waals surface area contributed by atoms with Crippen LogP contribution in [-0.2, 0) is 19.6 Å². The van der Waals surface area contributed by atoms with Gasteiger partial charge in [-0.3, -0.25) is 4.79 Å². The summed E-state index contributed by atoms with van der Waals surface area (Å²) in [5, 5.41) is 2.55. The maximum Gasteiger partial charge on any atom is 0.243 e. The van der Waals surface area contributed by atoms with E-state index in [4.69, 9.17) is 4.74 Å². The first-order valence-corrected chi connectivity index (χ1v) is 8.50. The Morgan fingerprint density at radius 2 is 2.05 bits per heavy atom. The number of fused-ring (bicyclic) bond motifs is 1. The molecule has 0 unspecified atom stereocenters. The van der Waals surface area contributed by atoms with Gasteiger partial charge in [0.2, 0.25) is 15.9 Å². The van der Waals surface area contributed by atoms with E-state index in [0.29, 0.717) is 13.0 Å². The number of halogens is 1. The van der Waals surface area contributed by atoms with Crippen molar-refractivity contribution in [2.45, 2.75) is 23.5 Å². The van der Waals surface area contributed by atoms with Crippen molar-refractivity contribution in [1.82, 2.24) is 9.62 Å². The van der Waals surface area contributed by atoms with Crippen molar-refractivity contribution in [3.05, 3.63) is 30.1 Å². The van der Waals surface area contributed by atoms with Gasteiger partial charge in [0.15, 0.2) is 0 Å². The average molecular weight is 328 g/mol. The van der Waals surface area contributed by atoms with E-state index in [1.54, 1.807) is 0 Å². The van der Waals surface area contributed by atoms with Gasteiger partial charge in [-0.05, 0) is 30.7 Å². The van der Waals surface area contributed by atoms with E-state index in [-0.39, 0.29) is 23.4 Å². The highest BCUT2D eigenvalue weighted by Crippen LogP contribution is 2.37. The lowest BCUT2D eigenvalue weighted by molar-refractivity contribution is -0.127. The van der Waals surface area contributed by atoms with E-state index < -0.39 is 27.9 Å². The van der Waals surface area contributed by atoms with Crippen LogP contribution in [0.4, 0.5) is 4.39 Å². The third-order valence-corrected chi connectivity index (χ3v) is 6.15. The molecule has 22 heavy (non-hydrogen) atoms. The third-order valence-electron chi connectivity index (χ3n) is 4.25. The van der Waals surface area contributed by atoms with Gasteiger partial charge in [-0.2, -0.15) is 4.31 Å². The number of rotatable bonds is 3. The van der Waals surface area contributed by atoms with E-state index in [2.05, 4.69) is 5.32 Å². The molecule has 1 aromatic rings. The number of carbonyl (C=O) groups is 1. The van der Waals surface area contributed by atoms with E-state index in [0.717, 1.165) is 12.1 Å². The van der Waals surface area contributed by atoms with Crippen LogP contribution in [0.3, 0.4) is 0 Å². The van der Waals surface area contributed by atoms with Gasteiger partial charge in [0.05, 0.1) is 23.0 Å². The second-order valence-corrected chi connectivity index (χ2v) is 7.33. The number of hydrogen-bond donors (Lipinski definition) is 1. The van der Waals surface area contributed by atoms with Crippen molar-refractivity contribution in [3.8, 4) is 0 Å². The summed E-state index contributed by atoms with van der Waals surface area (Å²) >= 11 is 0. The van der Waals surface area contributed by atoms with Crippen molar-refractivity contribution < 1.29 is 22.3 Å². The van der Waals surface area contributed by atoms with Crippen LogP contribution < -0.4 is 5.32 Å². The van der Waals surface area contributed by atoms with Gasteiger partial charge >= 0.3 is 0 Å². The molecule has 120 valence electrons. The van der Waals surface area contributed by atoms with Gasteiger partial charge in [0.1, 0.15) is 5.82 Å². The van der Waals surface area contributed by atoms with Crippen LogP contribution >= 0.6 is 0 Å². The summed E-state index contributed by atoms with van der Waals surface area (Å²) in [7, 11) is -2.26. The SMILES string of the molecule is CNC(=O)[C@H]1CN(S(=O)(=O)c2ccc(F)cc2)[C@@H]2CCO[C@H]12. The lowest BCUT2D eigenvalue weighted by Crippen LogP contribution is -2.37. The van der Waals surface area contributed by atoms with Crippen LogP contribution in [0, 0.1) is 11.7 Å². The molecular formula is C14H17FN2O4S. The molecular weight excluding hydrogens is 311 g/mol. The molecule has 0 aliphatic carbocycles. The molecule has 6 nitrogen and oxygen atoms in total. The normalized spacial score (nSPS) is 28.5. The lowest BCUT2D eigenvalue weighted by Gasteiger charge is -2.21. The Balaban J connectivity index is 1.93. The van der Waals surface area contributed by atoms with Gasteiger partial charge in [0.25, 0.3) is 0 Å². The maximum absolute atomic E-state index is 13.0. The van der Waals surface area contributed by atoms with Crippen LogP contribution in [0.25, 0.3) is 0 Å². The third kappa shape index (κ3) is 2.41. The van der Waals surface area contributed by atoms with Crippen molar-refractivity contribution in [2.24, 2.45) is 5.92 Å². The van der Waals surface area contributed by atoms with Crippen LogP contribution in [0.1, 0.15) is 6.42 Å². The molecule has 2 aliphatic heterocycles. The average Bonchev–Trinajstić information content (AvgIpc) is 3.08. The topological polar surface area (TPSA) is 75.7 Å². The molecule has 2 heterocycles. The number of hydrogen-bond acceptors (Lipinski definition) is 4. The fraction of sp³-hybridized carbons (Fsp3) is 0.500. The predicted molar refractivity (Wildman–Crippen MR) is 76.0 cm³/mol. The van der Waals surface area contributed by atoms with Crippen LogP contribution in [0.5, 0.6) is 0 Å². The van der Waals surface area contributed by atoms with Crippen molar-refractivity contribution in [1.29, 1.82) is 0 Å².